The third-order valence-corrected chi connectivity index (χ3v) is 1.97. The van der Waals surface area contributed by atoms with Gasteiger partial charge in [0, 0.05) is 6.54 Å². The Kier molecular flexibility index (Phi) is 8.00. The van der Waals surface area contributed by atoms with Crippen LogP contribution in [-0.4, -0.2) is 16.9 Å². The summed E-state index contributed by atoms with van der Waals surface area (Å²) in [5, 5.41) is 2.81. The van der Waals surface area contributed by atoms with Gasteiger partial charge in [0.05, 0.1) is 4.43 Å². The van der Waals surface area contributed by atoms with Gasteiger partial charge in [-0.1, -0.05) is 28.7 Å². The molecule has 0 aliphatic carbocycles. The lowest BCUT2D eigenvalue weighted by Crippen LogP contribution is -2.24. The van der Waals surface area contributed by atoms with E-state index in [9.17, 15) is 4.79 Å². The van der Waals surface area contributed by atoms with Crippen molar-refractivity contribution in [3.05, 3.63) is 12.7 Å². The van der Waals surface area contributed by atoms with Crippen LogP contribution >= 0.6 is 22.6 Å². The van der Waals surface area contributed by atoms with Crippen LogP contribution in [0.15, 0.2) is 12.7 Å². The molecule has 11 heavy (non-hydrogen) atoms. The zero-order valence-electron chi connectivity index (χ0n) is 6.61. The zero-order valence-corrected chi connectivity index (χ0v) is 8.76. The largest absolute Gasteiger partial charge is 0.355 e. The maximum atomic E-state index is 10.7. The third kappa shape index (κ3) is 7.84. The lowest BCUT2D eigenvalue weighted by molar-refractivity contribution is -0.118. The normalized spacial score (nSPS) is 9.18. The molecule has 0 bridgehead atoms. The molecule has 0 aromatic rings. The Balaban J connectivity index is 3.01. The maximum absolute atomic E-state index is 10.7. The molecule has 0 saturated carbocycles. The van der Waals surface area contributed by atoms with Crippen LogP contribution in [0, 0.1) is 0 Å². The molecular formula is C8H14INO. The van der Waals surface area contributed by atoms with Gasteiger partial charge in [-0.25, -0.2) is 0 Å². The maximum Gasteiger partial charge on any atom is 0.229 e. The number of halogens is 1. The van der Waals surface area contributed by atoms with Gasteiger partial charge in [0.25, 0.3) is 0 Å². The third-order valence-electron chi connectivity index (χ3n) is 1.28. The molecule has 2 nitrogen and oxygen atoms in total. The average molecular weight is 267 g/mol. The van der Waals surface area contributed by atoms with Gasteiger partial charge in [-0.15, -0.1) is 6.58 Å². The first kappa shape index (κ1) is 10.9. The topological polar surface area (TPSA) is 29.1 Å². The SMILES string of the molecule is C=CCCCCNC(=O)CI. The van der Waals surface area contributed by atoms with E-state index in [1.165, 1.54) is 0 Å². The predicted molar refractivity (Wildman–Crippen MR) is 55.9 cm³/mol. The van der Waals surface area contributed by atoms with Crippen LogP contribution in [0.3, 0.4) is 0 Å². The number of carbonyl (C=O) groups excluding carboxylic acids is 1. The predicted octanol–water partition coefficient (Wildman–Crippen LogP) is 1.89. The van der Waals surface area contributed by atoms with E-state index in [1.807, 2.05) is 6.08 Å². The van der Waals surface area contributed by atoms with Gasteiger partial charge in [0.15, 0.2) is 0 Å². The Hall–Kier alpha value is -0.0600. The van der Waals surface area contributed by atoms with Crippen LogP contribution in [0.5, 0.6) is 0 Å². The fourth-order valence-corrected chi connectivity index (χ4v) is 0.958. The van der Waals surface area contributed by atoms with E-state index in [1.54, 1.807) is 0 Å². The van der Waals surface area contributed by atoms with E-state index in [2.05, 4.69) is 34.5 Å². The lowest BCUT2D eigenvalue weighted by Gasteiger charge is -2.00. The van der Waals surface area contributed by atoms with Gasteiger partial charge in [-0.2, -0.15) is 0 Å². The van der Waals surface area contributed by atoms with E-state index in [4.69, 9.17) is 0 Å². The van der Waals surface area contributed by atoms with Crippen molar-refractivity contribution in [1.82, 2.24) is 5.32 Å². The Bertz CT molecular complexity index is 125. The van der Waals surface area contributed by atoms with Crippen molar-refractivity contribution in [2.24, 2.45) is 0 Å². The van der Waals surface area contributed by atoms with Crippen LogP contribution in [0.2, 0.25) is 0 Å². The molecule has 0 aliphatic rings. The van der Waals surface area contributed by atoms with E-state index in [-0.39, 0.29) is 5.91 Å². The molecular weight excluding hydrogens is 253 g/mol. The number of allylic oxidation sites excluding steroid dienone is 1. The first-order valence-electron chi connectivity index (χ1n) is 3.74. The summed E-state index contributed by atoms with van der Waals surface area (Å²) in [6.45, 7) is 4.42. The van der Waals surface area contributed by atoms with Gasteiger partial charge in [0.2, 0.25) is 5.91 Å². The molecule has 1 amide bonds. The standard InChI is InChI=1S/C8H14INO/c1-2-3-4-5-6-10-8(11)7-9/h2H,1,3-7H2,(H,10,11). The minimum Gasteiger partial charge on any atom is -0.355 e. The minimum absolute atomic E-state index is 0.129. The van der Waals surface area contributed by atoms with Crippen LogP contribution in [0.4, 0.5) is 0 Å². The van der Waals surface area contributed by atoms with Crippen molar-refractivity contribution >= 4 is 28.5 Å². The number of alkyl halides is 1. The molecule has 0 aromatic heterocycles. The van der Waals surface area contributed by atoms with E-state index in [0.717, 1.165) is 25.8 Å². The van der Waals surface area contributed by atoms with E-state index < -0.39 is 0 Å². The fraction of sp³-hybridized carbons (Fsp3) is 0.625. The highest BCUT2D eigenvalue weighted by atomic mass is 127. The minimum atomic E-state index is 0.129. The van der Waals surface area contributed by atoms with Crippen LogP contribution in [0.1, 0.15) is 19.3 Å². The Labute approximate surface area is 81.6 Å². The van der Waals surface area contributed by atoms with E-state index in [0.29, 0.717) is 4.43 Å². The molecule has 0 aromatic carbocycles. The second-order valence-corrected chi connectivity index (χ2v) is 3.03. The molecule has 1 N–H and O–H groups in total. The fourth-order valence-electron chi connectivity index (χ4n) is 0.689. The van der Waals surface area contributed by atoms with Crippen molar-refractivity contribution in [2.75, 3.05) is 11.0 Å². The number of hydrogen-bond donors (Lipinski definition) is 1. The van der Waals surface area contributed by atoms with Gasteiger partial charge >= 0.3 is 0 Å². The van der Waals surface area contributed by atoms with Crippen molar-refractivity contribution in [2.45, 2.75) is 19.3 Å². The number of carbonyl (C=O) groups is 1. The highest BCUT2D eigenvalue weighted by molar-refractivity contribution is 14.1. The highest BCUT2D eigenvalue weighted by Crippen LogP contribution is 1.93. The van der Waals surface area contributed by atoms with Crippen molar-refractivity contribution in [3.8, 4) is 0 Å². The Morgan fingerprint density at radius 2 is 2.27 bits per heavy atom. The second-order valence-electron chi connectivity index (χ2n) is 2.27. The summed E-state index contributed by atoms with van der Waals surface area (Å²) in [6.07, 6.45) is 5.11. The van der Waals surface area contributed by atoms with Gasteiger partial charge in [0.1, 0.15) is 0 Å². The molecule has 0 rings (SSSR count). The number of unbranched alkanes of at least 4 members (excludes halogenated alkanes) is 2. The van der Waals surface area contributed by atoms with Crippen molar-refractivity contribution in [3.63, 3.8) is 0 Å². The number of nitrogens with one attached hydrogen (secondary N) is 1. The van der Waals surface area contributed by atoms with Crippen LogP contribution in [-0.2, 0) is 4.79 Å². The van der Waals surface area contributed by atoms with Crippen LogP contribution < -0.4 is 5.32 Å². The Morgan fingerprint density at radius 3 is 2.82 bits per heavy atom. The number of hydrogen-bond acceptors (Lipinski definition) is 1. The highest BCUT2D eigenvalue weighted by Gasteiger charge is 1.94. The molecule has 0 radical (unpaired) electrons. The van der Waals surface area contributed by atoms with Crippen molar-refractivity contribution < 1.29 is 4.79 Å². The number of rotatable bonds is 6. The molecule has 64 valence electrons. The molecule has 0 atom stereocenters. The summed E-state index contributed by atoms with van der Waals surface area (Å²) < 4.78 is 0.555. The molecule has 0 spiro atoms. The summed E-state index contributed by atoms with van der Waals surface area (Å²) in [4.78, 5) is 10.7. The first-order valence-corrected chi connectivity index (χ1v) is 5.27. The van der Waals surface area contributed by atoms with E-state index >= 15 is 0 Å². The quantitative estimate of drug-likeness (QED) is 0.338. The lowest BCUT2D eigenvalue weighted by atomic mass is 10.2. The summed E-state index contributed by atoms with van der Waals surface area (Å²) in [6, 6.07) is 0. The number of amides is 1. The van der Waals surface area contributed by atoms with Crippen molar-refractivity contribution in [1.29, 1.82) is 0 Å². The monoisotopic (exact) mass is 267 g/mol. The molecule has 0 heterocycles. The average Bonchev–Trinajstić information content (AvgIpc) is 2.04. The van der Waals surface area contributed by atoms with Gasteiger partial charge in [-0.3, -0.25) is 4.79 Å². The van der Waals surface area contributed by atoms with Gasteiger partial charge in [-0.05, 0) is 19.3 Å². The second kappa shape index (κ2) is 8.04. The summed E-state index contributed by atoms with van der Waals surface area (Å²) in [5.74, 6) is 0.129. The molecule has 0 unspecified atom stereocenters. The van der Waals surface area contributed by atoms with Crippen LogP contribution in [0.25, 0.3) is 0 Å². The zero-order chi connectivity index (χ0) is 8.53. The van der Waals surface area contributed by atoms with Gasteiger partial charge < -0.3 is 5.32 Å². The molecule has 0 fully saturated rings. The molecule has 0 saturated heterocycles. The Morgan fingerprint density at radius 1 is 1.55 bits per heavy atom. The molecule has 3 heteroatoms. The smallest absolute Gasteiger partial charge is 0.229 e. The summed E-state index contributed by atoms with van der Waals surface area (Å²) >= 11 is 2.05. The molecule has 0 aliphatic heterocycles. The summed E-state index contributed by atoms with van der Waals surface area (Å²) in [7, 11) is 0. The summed E-state index contributed by atoms with van der Waals surface area (Å²) in [5.41, 5.74) is 0. The first-order chi connectivity index (χ1) is 5.31.